The first kappa shape index (κ1) is 16.0. The molecule has 0 aliphatic carbocycles. The number of ketones is 1. The molecule has 0 saturated carbocycles. The Kier molecular flexibility index (Phi) is 4.12. The Morgan fingerprint density at radius 3 is 2.35 bits per heavy atom. The van der Waals surface area contributed by atoms with E-state index >= 15 is 0 Å². The van der Waals surface area contributed by atoms with Crippen molar-refractivity contribution in [3.05, 3.63) is 57.8 Å². The van der Waals surface area contributed by atoms with Gasteiger partial charge < -0.3 is 4.74 Å². The summed E-state index contributed by atoms with van der Waals surface area (Å²) in [5, 5.41) is 3.85. The summed E-state index contributed by atoms with van der Waals surface area (Å²) in [6, 6.07) is 8.99. The Labute approximate surface area is 140 Å². The molecule has 2 heterocycles. The second-order valence-electron chi connectivity index (χ2n) is 5.85. The van der Waals surface area contributed by atoms with Gasteiger partial charge in [0.1, 0.15) is 16.5 Å². The van der Waals surface area contributed by atoms with Crippen LogP contribution in [0.15, 0.2) is 41.1 Å². The third-order valence-electron chi connectivity index (χ3n) is 3.70. The fourth-order valence-electron chi connectivity index (χ4n) is 2.54. The number of ether oxygens (including phenoxy) is 1. The first-order valence-electron chi connectivity index (χ1n) is 7.10. The molecule has 6 heteroatoms. The molecule has 120 valence electrons. The van der Waals surface area contributed by atoms with Gasteiger partial charge in [-0.2, -0.15) is 11.3 Å². The first-order chi connectivity index (χ1) is 10.9. The van der Waals surface area contributed by atoms with Crippen LogP contribution in [0.2, 0.25) is 0 Å². The number of thiophene rings is 1. The maximum absolute atomic E-state index is 12.7. The van der Waals surface area contributed by atoms with E-state index in [0.717, 1.165) is 11.1 Å². The molecule has 0 fully saturated rings. The van der Waals surface area contributed by atoms with E-state index < -0.39 is 16.3 Å². The molecule has 0 spiro atoms. The van der Waals surface area contributed by atoms with Gasteiger partial charge in [-0.25, -0.2) is 8.42 Å². The van der Waals surface area contributed by atoms with E-state index in [1.807, 2.05) is 16.8 Å². The quantitative estimate of drug-likeness (QED) is 0.863. The third kappa shape index (κ3) is 3.09. The average molecular weight is 348 g/mol. The molecule has 0 saturated heterocycles. The van der Waals surface area contributed by atoms with Crippen LogP contribution in [0.4, 0.5) is 0 Å². The van der Waals surface area contributed by atoms with E-state index in [1.54, 1.807) is 38.1 Å². The van der Waals surface area contributed by atoms with Crippen molar-refractivity contribution in [2.45, 2.75) is 25.2 Å². The number of benzene rings is 1. The summed E-state index contributed by atoms with van der Waals surface area (Å²) < 4.78 is 27.5. The van der Waals surface area contributed by atoms with Crippen molar-refractivity contribution in [1.82, 2.24) is 0 Å². The summed E-state index contributed by atoms with van der Waals surface area (Å²) >= 11 is 1.53. The number of Topliss-reactive ketones (excluding diaryl/α,β-unsaturated/α-hetero) is 1. The van der Waals surface area contributed by atoms with E-state index in [9.17, 15) is 13.2 Å². The Bertz CT molecular complexity index is 833. The molecule has 1 aliphatic heterocycles. The normalized spacial score (nSPS) is 16.9. The fourth-order valence-corrected chi connectivity index (χ4v) is 3.70. The second kappa shape index (κ2) is 5.94. The molecule has 4 nitrogen and oxygen atoms in total. The lowest BCUT2D eigenvalue weighted by molar-refractivity contribution is -0.125. The molecule has 0 atom stereocenters. The van der Waals surface area contributed by atoms with Crippen molar-refractivity contribution in [3.8, 4) is 0 Å². The predicted molar refractivity (Wildman–Crippen MR) is 91.8 cm³/mol. The van der Waals surface area contributed by atoms with Crippen molar-refractivity contribution < 1.29 is 17.9 Å². The highest BCUT2D eigenvalue weighted by molar-refractivity contribution is 7.71. The minimum absolute atomic E-state index is 0.0112. The summed E-state index contributed by atoms with van der Waals surface area (Å²) in [6.45, 7) is 3.51. The highest BCUT2D eigenvalue weighted by Crippen LogP contribution is 2.41. The number of carbonyl (C=O) groups excluding carboxylic acids is 1. The molecular weight excluding hydrogens is 332 g/mol. The van der Waals surface area contributed by atoms with Crippen molar-refractivity contribution >= 4 is 39.2 Å². The van der Waals surface area contributed by atoms with E-state index in [1.165, 1.54) is 11.3 Å². The molecule has 2 aromatic rings. The van der Waals surface area contributed by atoms with Crippen LogP contribution < -0.4 is 0 Å². The largest absolute Gasteiger partial charge is 0.478 e. The molecule has 0 radical (unpaired) electrons. The molecule has 1 aromatic carbocycles. The molecule has 1 aromatic heterocycles. The van der Waals surface area contributed by atoms with Gasteiger partial charge in [-0.1, -0.05) is 24.3 Å². The zero-order valence-electron chi connectivity index (χ0n) is 12.7. The highest BCUT2D eigenvalue weighted by Gasteiger charge is 2.42. The average Bonchev–Trinajstić information content (AvgIpc) is 3.07. The van der Waals surface area contributed by atoms with Gasteiger partial charge in [0.15, 0.2) is 5.60 Å². The SMILES string of the molecule is CC1(C)OC(c2ccc(C[SH](=O)=O)cc2)=C(c2ccsc2)C1=O. The van der Waals surface area contributed by atoms with Gasteiger partial charge in [-0.05, 0) is 41.8 Å². The highest BCUT2D eigenvalue weighted by atomic mass is 32.2. The van der Waals surface area contributed by atoms with Crippen molar-refractivity contribution in [3.63, 3.8) is 0 Å². The van der Waals surface area contributed by atoms with Gasteiger partial charge in [0, 0.05) is 5.56 Å². The van der Waals surface area contributed by atoms with Crippen LogP contribution in [0.5, 0.6) is 0 Å². The lowest BCUT2D eigenvalue weighted by atomic mass is 9.94. The minimum Gasteiger partial charge on any atom is -0.478 e. The van der Waals surface area contributed by atoms with Gasteiger partial charge in [-0.15, -0.1) is 0 Å². The molecule has 0 bridgehead atoms. The molecule has 0 N–H and O–H groups in total. The number of carbonyl (C=O) groups is 1. The smallest absolute Gasteiger partial charge is 0.210 e. The number of thiol groups is 1. The zero-order valence-corrected chi connectivity index (χ0v) is 14.4. The van der Waals surface area contributed by atoms with Crippen molar-refractivity contribution in [2.75, 3.05) is 0 Å². The summed E-state index contributed by atoms with van der Waals surface area (Å²) in [6.07, 6.45) is 0. The lowest BCUT2D eigenvalue weighted by Gasteiger charge is -2.17. The Balaban J connectivity index is 2.06. The van der Waals surface area contributed by atoms with Crippen LogP contribution in [0.25, 0.3) is 11.3 Å². The molecule has 0 unspecified atom stereocenters. The number of hydrogen-bond acceptors (Lipinski definition) is 5. The number of rotatable bonds is 4. The van der Waals surface area contributed by atoms with Crippen LogP contribution in [0.3, 0.4) is 0 Å². The van der Waals surface area contributed by atoms with Gasteiger partial charge >= 0.3 is 0 Å². The van der Waals surface area contributed by atoms with Crippen LogP contribution in [-0.2, 0) is 26.0 Å². The van der Waals surface area contributed by atoms with Crippen LogP contribution in [0.1, 0.15) is 30.5 Å². The van der Waals surface area contributed by atoms with Crippen LogP contribution >= 0.6 is 11.3 Å². The lowest BCUT2D eigenvalue weighted by Crippen LogP contribution is -2.29. The molecular formula is C17H16O4S2. The maximum Gasteiger partial charge on any atom is 0.210 e. The Morgan fingerprint density at radius 1 is 1.09 bits per heavy atom. The maximum atomic E-state index is 12.7. The third-order valence-corrected chi connectivity index (χ3v) is 5.00. The Hall–Kier alpha value is -1.92. The van der Waals surface area contributed by atoms with Gasteiger partial charge in [0.2, 0.25) is 5.78 Å². The van der Waals surface area contributed by atoms with Crippen LogP contribution in [-0.4, -0.2) is 19.8 Å². The van der Waals surface area contributed by atoms with Gasteiger partial charge in [0.05, 0.1) is 11.3 Å². The monoisotopic (exact) mass is 348 g/mol. The molecule has 1 aliphatic rings. The zero-order chi connectivity index (χ0) is 16.6. The van der Waals surface area contributed by atoms with E-state index in [-0.39, 0.29) is 11.5 Å². The predicted octanol–water partition coefficient (Wildman–Crippen LogP) is 3.11. The fraction of sp³-hybridized carbons (Fsp3) is 0.235. The van der Waals surface area contributed by atoms with E-state index in [4.69, 9.17) is 4.74 Å². The van der Waals surface area contributed by atoms with Crippen molar-refractivity contribution in [2.24, 2.45) is 0 Å². The first-order valence-corrected chi connectivity index (χ1v) is 9.41. The van der Waals surface area contributed by atoms with E-state index in [0.29, 0.717) is 16.9 Å². The van der Waals surface area contributed by atoms with Gasteiger partial charge in [-0.3, -0.25) is 4.79 Å². The molecule has 3 rings (SSSR count). The standard InChI is InChI=1S/C17H16O4S2/c1-17(2)16(18)14(13-7-8-22-9-13)15(21-17)12-5-3-11(4-6-12)10-23(19)20/h3-9,23H,10H2,1-2H3. The summed E-state index contributed by atoms with van der Waals surface area (Å²) in [7, 11) is -2.45. The van der Waals surface area contributed by atoms with Crippen LogP contribution in [0, 0.1) is 0 Å². The topological polar surface area (TPSA) is 60.4 Å². The van der Waals surface area contributed by atoms with Crippen molar-refractivity contribution in [1.29, 1.82) is 0 Å². The Morgan fingerprint density at radius 2 is 1.78 bits per heavy atom. The second-order valence-corrected chi connectivity index (χ2v) is 7.61. The number of hydrogen-bond donors (Lipinski definition) is 1. The molecule has 0 amide bonds. The summed E-state index contributed by atoms with van der Waals surface area (Å²) in [4.78, 5) is 12.7. The summed E-state index contributed by atoms with van der Waals surface area (Å²) in [5.41, 5.74) is 2.02. The minimum atomic E-state index is -2.45. The summed E-state index contributed by atoms with van der Waals surface area (Å²) in [5.74, 6) is 0.520. The van der Waals surface area contributed by atoms with E-state index in [2.05, 4.69) is 0 Å². The van der Waals surface area contributed by atoms with Gasteiger partial charge in [0.25, 0.3) is 0 Å². The molecule has 23 heavy (non-hydrogen) atoms.